The van der Waals surface area contributed by atoms with Crippen molar-refractivity contribution in [3.63, 3.8) is 0 Å². The van der Waals surface area contributed by atoms with Crippen molar-refractivity contribution in [3.05, 3.63) is 90.0 Å². The first kappa shape index (κ1) is 21.4. The number of benzene rings is 2. The largest absolute Gasteiger partial charge is 0.350 e. The summed E-state index contributed by atoms with van der Waals surface area (Å²) >= 11 is 0. The minimum Gasteiger partial charge on any atom is -0.350 e. The molecule has 0 radical (unpaired) electrons. The lowest BCUT2D eigenvalue weighted by Crippen LogP contribution is -2.33. The predicted molar refractivity (Wildman–Crippen MR) is 113 cm³/mol. The van der Waals surface area contributed by atoms with Gasteiger partial charge in [0.15, 0.2) is 0 Å². The van der Waals surface area contributed by atoms with E-state index in [0.717, 1.165) is 15.9 Å². The topological polar surface area (TPSA) is 79.4 Å². The van der Waals surface area contributed by atoms with E-state index >= 15 is 0 Å². The molecular weight excluding hydrogens is 405 g/mol. The third kappa shape index (κ3) is 4.83. The molecule has 156 valence electrons. The molecule has 0 fully saturated rings. The Balaban J connectivity index is 2.10. The van der Waals surface area contributed by atoms with Gasteiger partial charge in [0.1, 0.15) is 10.7 Å². The van der Waals surface area contributed by atoms with Gasteiger partial charge in [-0.3, -0.25) is 14.1 Å². The van der Waals surface area contributed by atoms with Gasteiger partial charge >= 0.3 is 0 Å². The van der Waals surface area contributed by atoms with Crippen LogP contribution in [0, 0.1) is 5.82 Å². The van der Waals surface area contributed by atoms with Crippen LogP contribution in [0.5, 0.6) is 0 Å². The van der Waals surface area contributed by atoms with Crippen molar-refractivity contribution in [3.8, 4) is 0 Å². The standard InChI is InChI=1S/C22H22FN3O3S/c1-16(2)25-22(27)20-13-18(10-11-21(20)23)26(15-17-7-4-3-5-8-17)30(28,29)19-9-6-12-24-14-19/h3-14,16H,15H2,1-2H3,(H,25,27). The molecule has 0 unspecified atom stereocenters. The van der Waals surface area contributed by atoms with Crippen molar-refractivity contribution in [2.45, 2.75) is 31.3 Å². The number of nitrogens with zero attached hydrogens (tertiary/aromatic N) is 2. The maximum atomic E-state index is 14.3. The van der Waals surface area contributed by atoms with E-state index in [1.54, 1.807) is 38.1 Å². The zero-order valence-electron chi connectivity index (χ0n) is 16.6. The van der Waals surface area contributed by atoms with E-state index in [4.69, 9.17) is 0 Å². The molecule has 1 heterocycles. The Morgan fingerprint density at radius 2 is 1.83 bits per heavy atom. The van der Waals surface area contributed by atoms with Gasteiger partial charge in [0.2, 0.25) is 0 Å². The highest BCUT2D eigenvalue weighted by molar-refractivity contribution is 7.92. The van der Waals surface area contributed by atoms with E-state index in [0.29, 0.717) is 0 Å². The van der Waals surface area contributed by atoms with Gasteiger partial charge in [0, 0.05) is 18.4 Å². The molecule has 8 heteroatoms. The first-order chi connectivity index (χ1) is 14.3. The Bertz CT molecular complexity index is 1120. The number of rotatable bonds is 7. The quantitative estimate of drug-likeness (QED) is 0.623. The van der Waals surface area contributed by atoms with Gasteiger partial charge in [0.05, 0.1) is 17.8 Å². The fraction of sp³-hybridized carbons (Fsp3) is 0.182. The van der Waals surface area contributed by atoms with Gasteiger partial charge < -0.3 is 5.32 Å². The minimum absolute atomic E-state index is 0.00145. The number of anilines is 1. The highest BCUT2D eigenvalue weighted by Gasteiger charge is 2.27. The number of carbonyl (C=O) groups is 1. The van der Waals surface area contributed by atoms with E-state index < -0.39 is 21.7 Å². The molecule has 0 aliphatic carbocycles. The molecule has 1 N–H and O–H groups in total. The van der Waals surface area contributed by atoms with Gasteiger partial charge in [-0.15, -0.1) is 0 Å². The molecular formula is C22H22FN3O3S. The molecule has 3 aromatic rings. The third-order valence-electron chi connectivity index (χ3n) is 4.29. The van der Waals surface area contributed by atoms with Crippen molar-refractivity contribution in [2.24, 2.45) is 0 Å². The average Bonchev–Trinajstić information content (AvgIpc) is 2.73. The molecule has 0 aliphatic rings. The fourth-order valence-corrected chi connectivity index (χ4v) is 4.28. The lowest BCUT2D eigenvalue weighted by molar-refractivity contribution is 0.0939. The normalized spacial score (nSPS) is 11.3. The van der Waals surface area contributed by atoms with Crippen LogP contribution in [0.25, 0.3) is 0 Å². The molecule has 3 rings (SSSR count). The number of hydrogen-bond acceptors (Lipinski definition) is 4. The number of sulfonamides is 1. The van der Waals surface area contributed by atoms with Gasteiger partial charge in [-0.2, -0.15) is 0 Å². The number of amides is 1. The summed E-state index contributed by atoms with van der Waals surface area (Å²) in [6.45, 7) is 3.53. The molecule has 0 saturated heterocycles. The van der Waals surface area contributed by atoms with Gasteiger partial charge in [-0.25, -0.2) is 12.8 Å². The minimum atomic E-state index is -4.01. The van der Waals surface area contributed by atoms with Crippen LogP contribution in [0.1, 0.15) is 29.8 Å². The summed E-state index contributed by atoms with van der Waals surface area (Å²) in [4.78, 5) is 16.3. The Morgan fingerprint density at radius 1 is 1.10 bits per heavy atom. The molecule has 0 saturated carbocycles. The van der Waals surface area contributed by atoms with E-state index in [1.165, 1.54) is 36.7 Å². The highest BCUT2D eigenvalue weighted by Crippen LogP contribution is 2.27. The van der Waals surface area contributed by atoms with E-state index in [-0.39, 0.29) is 28.7 Å². The van der Waals surface area contributed by atoms with Crippen molar-refractivity contribution in [1.29, 1.82) is 0 Å². The first-order valence-electron chi connectivity index (χ1n) is 9.36. The van der Waals surface area contributed by atoms with Gasteiger partial charge in [0.25, 0.3) is 15.9 Å². The smallest absolute Gasteiger partial charge is 0.266 e. The Hall–Kier alpha value is -3.26. The zero-order chi connectivity index (χ0) is 21.7. The Morgan fingerprint density at radius 3 is 2.47 bits per heavy atom. The Labute approximate surface area is 175 Å². The number of hydrogen-bond donors (Lipinski definition) is 1. The lowest BCUT2D eigenvalue weighted by atomic mass is 10.1. The molecule has 30 heavy (non-hydrogen) atoms. The van der Waals surface area contributed by atoms with E-state index in [2.05, 4.69) is 10.3 Å². The highest BCUT2D eigenvalue weighted by atomic mass is 32.2. The summed E-state index contributed by atoms with van der Waals surface area (Å²) in [5.74, 6) is -1.34. The van der Waals surface area contributed by atoms with Crippen LogP contribution in [0.4, 0.5) is 10.1 Å². The fourth-order valence-electron chi connectivity index (χ4n) is 2.87. The molecule has 1 aromatic heterocycles. The summed E-state index contributed by atoms with van der Waals surface area (Å²) in [5, 5.41) is 2.63. The number of nitrogens with one attached hydrogen (secondary N) is 1. The van der Waals surface area contributed by atoms with Crippen LogP contribution in [0.3, 0.4) is 0 Å². The summed E-state index contributed by atoms with van der Waals surface area (Å²) < 4.78 is 42.2. The van der Waals surface area contributed by atoms with Crippen LogP contribution in [0.2, 0.25) is 0 Å². The summed E-state index contributed by atoms with van der Waals surface area (Å²) in [6, 6.07) is 15.5. The number of aromatic nitrogens is 1. The second-order valence-corrected chi connectivity index (χ2v) is 8.84. The molecule has 0 aliphatic heterocycles. The molecule has 2 aromatic carbocycles. The number of halogens is 1. The van der Waals surface area contributed by atoms with Crippen molar-refractivity contribution < 1.29 is 17.6 Å². The Kier molecular flexibility index (Phi) is 6.47. The second-order valence-electron chi connectivity index (χ2n) is 6.98. The van der Waals surface area contributed by atoms with Crippen molar-refractivity contribution in [2.75, 3.05) is 4.31 Å². The van der Waals surface area contributed by atoms with Crippen molar-refractivity contribution >= 4 is 21.6 Å². The van der Waals surface area contributed by atoms with Crippen molar-refractivity contribution in [1.82, 2.24) is 10.3 Å². The van der Waals surface area contributed by atoms with Crippen LogP contribution in [-0.2, 0) is 16.6 Å². The molecule has 0 atom stereocenters. The summed E-state index contributed by atoms with van der Waals surface area (Å²) in [7, 11) is -4.01. The van der Waals surface area contributed by atoms with Crippen LogP contribution < -0.4 is 9.62 Å². The van der Waals surface area contributed by atoms with Gasteiger partial charge in [-0.05, 0) is 49.7 Å². The first-order valence-corrected chi connectivity index (χ1v) is 10.8. The molecule has 1 amide bonds. The van der Waals surface area contributed by atoms with Crippen LogP contribution in [-0.4, -0.2) is 25.4 Å². The number of pyridine rings is 1. The maximum Gasteiger partial charge on any atom is 0.266 e. The maximum absolute atomic E-state index is 14.3. The second kappa shape index (κ2) is 9.04. The van der Waals surface area contributed by atoms with E-state index in [1.807, 2.05) is 6.07 Å². The van der Waals surface area contributed by atoms with Crippen LogP contribution in [0.15, 0.2) is 78.0 Å². The number of carbonyl (C=O) groups excluding carboxylic acids is 1. The summed E-state index contributed by atoms with van der Waals surface area (Å²) in [6.07, 6.45) is 2.73. The molecule has 6 nitrogen and oxygen atoms in total. The molecule has 0 spiro atoms. The average molecular weight is 428 g/mol. The molecule has 0 bridgehead atoms. The van der Waals surface area contributed by atoms with Gasteiger partial charge in [-0.1, -0.05) is 30.3 Å². The zero-order valence-corrected chi connectivity index (χ0v) is 17.4. The third-order valence-corrected chi connectivity index (χ3v) is 6.05. The SMILES string of the molecule is CC(C)NC(=O)c1cc(N(Cc2ccccc2)S(=O)(=O)c2cccnc2)ccc1F. The lowest BCUT2D eigenvalue weighted by Gasteiger charge is -2.25. The van der Waals surface area contributed by atoms with E-state index in [9.17, 15) is 17.6 Å². The predicted octanol–water partition coefficient (Wildman–Crippen LogP) is 3.75. The monoisotopic (exact) mass is 427 g/mol. The summed E-state index contributed by atoms with van der Waals surface area (Å²) in [5.41, 5.74) is 0.695. The van der Waals surface area contributed by atoms with Crippen LogP contribution >= 0.6 is 0 Å².